The Labute approximate surface area is 158 Å². The molecule has 0 saturated heterocycles. The standard InChI is InChI=1S/C21H25FN2O3/c1-14(2)16-8-5-7-11-19(16)27-15(3)20(25)23-12-13-24-21(26)17-9-4-6-10-18(17)22/h4-11,14-15H,12-13H2,1-3H3,(H,23,25)(H,24,26). The number of carbonyl (C=O) groups is 2. The van der Waals surface area contributed by atoms with E-state index in [2.05, 4.69) is 24.5 Å². The van der Waals surface area contributed by atoms with E-state index in [9.17, 15) is 14.0 Å². The van der Waals surface area contributed by atoms with E-state index >= 15 is 0 Å². The van der Waals surface area contributed by atoms with Crippen molar-refractivity contribution < 1.29 is 18.7 Å². The predicted molar refractivity (Wildman–Crippen MR) is 102 cm³/mol. The molecule has 0 radical (unpaired) electrons. The molecule has 0 aliphatic rings. The first kappa shape index (κ1) is 20.4. The van der Waals surface area contributed by atoms with Crippen LogP contribution in [-0.4, -0.2) is 31.0 Å². The van der Waals surface area contributed by atoms with Crippen molar-refractivity contribution in [1.29, 1.82) is 0 Å². The van der Waals surface area contributed by atoms with E-state index in [-0.39, 0.29) is 30.5 Å². The number of para-hydroxylation sites is 1. The number of nitrogens with one attached hydrogen (secondary N) is 2. The van der Waals surface area contributed by atoms with Crippen molar-refractivity contribution in [3.63, 3.8) is 0 Å². The second kappa shape index (κ2) is 9.71. The molecule has 1 atom stereocenters. The molecule has 2 aromatic rings. The van der Waals surface area contributed by atoms with Gasteiger partial charge in [-0.2, -0.15) is 0 Å². The molecule has 5 nitrogen and oxygen atoms in total. The summed E-state index contributed by atoms with van der Waals surface area (Å²) in [6.07, 6.45) is -0.674. The van der Waals surface area contributed by atoms with Gasteiger partial charge in [0, 0.05) is 13.1 Å². The molecular formula is C21H25FN2O3. The molecule has 2 aromatic carbocycles. The van der Waals surface area contributed by atoms with Gasteiger partial charge in [0.2, 0.25) is 0 Å². The number of rotatable bonds is 8. The van der Waals surface area contributed by atoms with Crippen LogP contribution < -0.4 is 15.4 Å². The third-order valence-electron chi connectivity index (χ3n) is 4.04. The van der Waals surface area contributed by atoms with Crippen molar-refractivity contribution in [3.05, 3.63) is 65.5 Å². The molecule has 2 N–H and O–H groups in total. The number of hydrogen-bond acceptors (Lipinski definition) is 3. The van der Waals surface area contributed by atoms with Crippen LogP contribution in [0.5, 0.6) is 5.75 Å². The van der Waals surface area contributed by atoms with Gasteiger partial charge in [0.05, 0.1) is 5.56 Å². The fourth-order valence-corrected chi connectivity index (χ4v) is 2.55. The lowest BCUT2D eigenvalue weighted by molar-refractivity contribution is -0.127. The second-order valence-electron chi connectivity index (χ2n) is 6.48. The number of amides is 2. The van der Waals surface area contributed by atoms with Crippen molar-refractivity contribution in [3.8, 4) is 5.75 Å². The highest BCUT2D eigenvalue weighted by molar-refractivity contribution is 5.94. The molecule has 0 aromatic heterocycles. The zero-order chi connectivity index (χ0) is 19.8. The maximum atomic E-state index is 13.5. The van der Waals surface area contributed by atoms with Gasteiger partial charge < -0.3 is 15.4 Å². The van der Waals surface area contributed by atoms with E-state index < -0.39 is 17.8 Å². The van der Waals surface area contributed by atoms with Crippen molar-refractivity contribution in [2.45, 2.75) is 32.8 Å². The minimum atomic E-state index is -0.674. The molecule has 0 heterocycles. The predicted octanol–water partition coefficient (Wildman–Crippen LogP) is 3.26. The summed E-state index contributed by atoms with van der Waals surface area (Å²) in [5.74, 6) is -0.413. The van der Waals surface area contributed by atoms with Crippen LogP contribution in [0, 0.1) is 5.82 Å². The van der Waals surface area contributed by atoms with Gasteiger partial charge in [0.15, 0.2) is 6.10 Å². The number of ether oxygens (including phenoxy) is 1. The maximum Gasteiger partial charge on any atom is 0.260 e. The molecule has 0 bridgehead atoms. The Morgan fingerprint density at radius 1 is 0.963 bits per heavy atom. The second-order valence-corrected chi connectivity index (χ2v) is 6.48. The summed E-state index contributed by atoms with van der Waals surface area (Å²) in [7, 11) is 0. The first-order valence-electron chi connectivity index (χ1n) is 8.96. The lowest BCUT2D eigenvalue weighted by Crippen LogP contribution is -2.40. The Bertz CT molecular complexity index is 793. The Kier molecular flexibility index (Phi) is 7.34. The monoisotopic (exact) mass is 372 g/mol. The Morgan fingerprint density at radius 3 is 2.30 bits per heavy atom. The quantitative estimate of drug-likeness (QED) is 0.699. The normalized spacial score (nSPS) is 11.7. The SMILES string of the molecule is CC(Oc1ccccc1C(C)C)C(=O)NCCNC(=O)c1ccccc1F. The molecule has 2 amide bonds. The molecule has 0 saturated carbocycles. The first-order chi connectivity index (χ1) is 12.9. The van der Waals surface area contributed by atoms with Crippen molar-refractivity contribution >= 4 is 11.8 Å². The zero-order valence-corrected chi connectivity index (χ0v) is 15.8. The van der Waals surface area contributed by atoms with Gasteiger partial charge in [-0.05, 0) is 36.6 Å². The zero-order valence-electron chi connectivity index (χ0n) is 15.8. The molecule has 0 aliphatic carbocycles. The van der Waals surface area contributed by atoms with E-state index in [0.29, 0.717) is 5.75 Å². The first-order valence-corrected chi connectivity index (χ1v) is 8.96. The fourth-order valence-electron chi connectivity index (χ4n) is 2.55. The lowest BCUT2D eigenvalue weighted by Gasteiger charge is -2.18. The summed E-state index contributed by atoms with van der Waals surface area (Å²) in [5.41, 5.74) is 1.01. The molecule has 1 unspecified atom stereocenters. The molecular weight excluding hydrogens is 347 g/mol. The van der Waals surface area contributed by atoms with Crippen LogP contribution in [-0.2, 0) is 4.79 Å². The van der Waals surface area contributed by atoms with Gasteiger partial charge >= 0.3 is 0 Å². The smallest absolute Gasteiger partial charge is 0.260 e. The van der Waals surface area contributed by atoms with Crippen LogP contribution >= 0.6 is 0 Å². The molecule has 0 fully saturated rings. The number of hydrogen-bond donors (Lipinski definition) is 2. The number of halogens is 1. The molecule has 144 valence electrons. The third kappa shape index (κ3) is 5.81. The molecule has 27 heavy (non-hydrogen) atoms. The van der Waals surface area contributed by atoms with Crippen molar-refractivity contribution in [2.75, 3.05) is 13.1 Å². The summed E-state index contributed by atoms with van der Waals surface area (Å²) in [6.45, 7) is 6.20. The largest absolute Gasteiger partial charge is 0.481 e. The summed E-state index contributed by atoms with van der Waals surface area (Å²) in [6, 6.07) is 13.4. The van der Waals surface area contributed by atoms with Gasteiger partial charge in [-0.1, -0.05) is 44.2 Å². The molecule has 0 aliphatic heterocycles. The molecule has 0 spiro atoms. The van der Waals surface area contributed by atoms with Gasteiger partial charge in [-0.25, -0.2) is 4.39 Å². The van der Waals surface area contributed by atoms with E-state index in [1.165, 1.54) is 18.2 Å². The van der Waals surface area contributed by atoms with E-state index in [4.69, 9.17) is 4.74 Å². The van der Waals surface area contributed by atoms with Gasteiger partial charge in [-0.15, -0.1) is 0 Å². The molecule has 6 heteroatoms. The average molecular weight is 372 g/mol. The van der Waals surface area contributed by atoms with Crippen LogP contribution in [0.25, 0.3) is 0 Å². The fraction of sp³-hybridized carbons (Fsp3) is 0.333. The Morgan fingerprint density at radius 2 is 1.59 bits per heavy atom. The highest BCUT2D eigenvalue weighted by Gasteiger charge is 2.17. The summed E-state index contributed by atoms with van der Waals surface area (Å²) in [4.78, 5) is 24.1. The lowest BCUT2D eigenvalue weighted by atomic mass is 10.0. The van der Waals surface area contributed by atoms with Crippen LogP contribution in [0.4, 0.5) is 4.39 Å². The van der Waals surface area contributed by atoms with Gasteiger partial charge in [-0.3, -0.25) is 9.59 Å². The highest BCUT2D eigenvalue weighted by Crippen LogP contribution is 2.26. The van der Waals surface area contributed by atoms with Crippen LogP contribution in [0.1, 0.15) is 42.6 Å². The topological polar surface area (TPSA) is 67.4 Å². The summed E-state index contributed by atoms with van der Waals surface area (Å²) < 4.78 is 19.3. The van der Waals surface area contributed by atoms with Crippen LogP contribution in [0.3, 0.4) is 0 Å². The highest BCUT2D eigenvalue weighted by atomic mass is 19.1. The number of benzene rings is 2. The van der Waals surface area contributed by atoms with Gasteiger partial charge in [0.25, 0.3) is 11.8 Å². The third-order valence-corrected chi connectivity index (χ3v) is 4.04. The Hall–Kier alpha value is -2.89. The average Bonchev–Trinajstić information content (AvgIpc) is 2.65. The summed E-state index contributed by atoms with van der Waals surface area (Å²) >= 11 is 0. The number of carbonyl (C=O) groups excluding carboxylic acids is 2. The Balaban J connectivity index is 1.79. The van der Waals surface area contributed by atoms with Crippen LogP contribution in [0.2, 0.25) is 0 Å². The van der Waals surface area contributed by atoms with Crippen LogP contribution in [0.15, 0.2) is 48.5 Å². The van der Waals surface area contributed by atoms with E-state index in [1.807, 2.05) is 24.3 Å². The minimum Gasteiger partial charge on any atom is -0.481 e. The summed E-state index contributed by atoms with van der Waals surface area (Å²) in [5, 5.41) is 5.27. The van der Waals surface area contributed by atoms with E-state index in [0.717, 1.165) is 5.56 Å². The van der Waals surface area contributed by atoms with Crippen molar-refractivity contribution in [2.24, 2.45) is 0 Å². The van der Waals surface area contributed by atoms with Crippen molar-refractivity contribution in [1.82, 2.24) is 10.6 Å². The molecule has 2 rings (SSSR count). The minimum absolute atomic E-state index is 0.0224. The van der Waals surface area contributed by atoms with Gasteiger partial charge in [0.1, 0.15) is 11.6 Å². The van der Waals surface area contributed by atoms with E-state index in [1.54, 1.807) is 13.0 Å². The maximum absolute atomic E-state index is 13.5.